The quantitative estimate of drug-likeness (QED) is 0.409. The number of piperidine rings is 1. The van der Waals surface area contributed by atoms with Gasteiger partial charge in [-0.25, -0.2) is 4.98 Å². The Bertz CT molecular complexity index is 1350. The summed E-state index contributed by atoms with van der Waals surface area (Å²) in [5.41, 5.74) is 7.40. The first kappa shape index (κ1) is 22.1. The van der Waals surface area contributed by atoms with E-state index in [0.29, 0.717) is 42.2 Å². The zero-order valence-corrected chi connectivity index (χ0v) is 20.5. The van der Waals surface area contributed by atoms with E-state index >= 15 is 0 Å². The highest BCUT2D eigenvalue weighted by Gasteiger charge is 2.71. The standard InChI is InChI=1S/C29H32N4O3/c30-27(35)18-5-3-9-32(15-18)28(36)23-16-33-24(6-2-8-26(33)31-23)25(34)7-1-4-17-10-19-12-22(19)29-13-20(17)11-21(29)14-29/h2,6,8,16-22H,3-5,9-15H2,(H2,30,35)/t17-,18?,19?,20?,21?,22+,29?/m1/s1. The molecule has 7 heteroatoms. The molecule has 7 nitrogen and oxygen atoms in total. The number of hydrogen-bond acceptors (Lipinski definition) is 4. The predicted molar refractivity (Wildman–Crippen MR) is 133 cm³/mol. The van der Waals surface area contributed by atoms with Gasteiger partial charge >= 0.3 is 0 Å². The van der Waals surface area contributed by atoms with Crippen LogP contribution < -0.4 is 5.73 Å². The van der Waals surface area contributed by atoms with Gasteiger partial charge in [-0.2, -0.15) is 0 Å². The monoisotopic (exact) mass is 484 g/mol. The lowest BCUT2D eigenvalue weighted by Gasteiger charge is -2.30. The molecule has 4 aliphatic carbocycles. The van der Waals surface area contributed by atoms with Crippen molar-refractivity contribution in [3.63, 3.8) is 0 Å². The molecular formula is C29H32N4O3. The number of likely N-dealkylation sites (tertiary alicyclic amines) is 1. The second-order valence-corrected chi connectivity index (χ2v) is 12.0. The minimum absolute atomic E-state index is 0.242. The number of rotatable bonds is 4. The van der Waals surface area contributed by atoms with Gasteiger partial charge in [-0.15, -0.1) is 0 Å². The fourth-order valence-corrected chi connectivity index (χ4v) is 8.09. The SMILES string of the molecule is NC(=O)C1CCCN(C(=O)c2cn3c(C(=O)C#CC[C@@H]4CC5C[C@@H]5C56CC4CC5C6)cccc3n2)C1. The van der Waals surface area contributed by atoms with Gasteiger partial charge in [-0.05, 0) is 98.0 Å². The van der Waals surface area contributed by atoms with E-state index in [1.807, 2.05) is 0 Å². The van der Waals surface area contributed by atoms with Crippen LogP contribution >= 0.6 is 0 Å². The van der Waals surface area contributed by atoms with Gasteiger partial charge in [0, 0.05) is 25.7 Å². The third kappa shape index (κ3) is 3.48. The molecule has 2 amide bonds. The maximum absolute atomic E-state index is 13.1. The molecule has 1 saturated heterocycles. The van der Waals surface area contributed by atoms with Crippen molar-refractivity contribution < 1.29 is 14.4 Å². The lowest BCUT2D eigenvalue weighted by Crippen LogP contribution is -2.44. The number of hydrogen-bond donors (Lipinski definition) is 1. The van der Waals surface area contributed by atoms with Crippen LogP contribution in [-0.2, 0) is 4.79 Å². The zero-order valence-electron chi connectivity index (χ0n) is 20.5. The molecule has 7 atom stereocenters. The third-order valence-corrected chi connectivity index (χ3v) is 10.1. The lowest BCUT2D eigenvalue weighted by molar-refractivity contribution is -0.123. The van der Waals surface area contributed by atoms with E-state index in [1.165, 1.54) is 32.1 Å². The Balaban J connectivity index is 1.07. The summed E-state index contributed by atoms with van der Waals surface area (Å²) in [5, 5.41) is 0. The summed E-state index contributed by atoms with van der Waals surface area (Å²) in [7, 11) is 0. The fraction of sp³-hybridized carbons (Fsp3) is 0.586. The van der Waals surface area contributed by atoms with E-state index in [4.69, 9.17) is 5.73 Å². The summed E-state index contributed by atoms with van der Waals surface area (Å²) >= 11 is 0. The largest absolute Gasteiger partial charge is 0.369 e. The number of nitrogens with zero attached hydrogens (tertiary/aromatic N) is 3. The van der Waals surface area contributed by atoms with Crippen molar-refractivity contribution in [1.82, 2.24) is 14.3 Å². The van der Waals surface area contributed by atoms with Crippen LogP contribution in [0.4, 0.5) is 0 Å². The minimum atomic E-state index is -0.376. The summed E-state index contributed by atoms with van der Waals surface area (Å²) in [5.74, 6) is 9.28. The van der Waals surface area contributed by atoms with E-state index in [2.05, 4.69) is 16.8 Å². The van der Waals surface area contributed by atoms with Crippen LogP contribution in [0.15, 0.2) is 24.4 Å². The van der Waals surface area contributed by atoms with E-state index in [-0.39, 0.29) is 29.2 Å². The van der Waals surface area contributed by atoms with E-state index < -0.39 is 0 Å². The molecule has 3 heterocycles. The Hall–Kier alpha value is -3.14. The van der Waals surface area contributed by atoms with E-state index in [1.54, 1.807) is 33.7 Å². The van der Waals surface area contributed by atoms with Gasteiger partial charge in [0.25, 0.3) is 11.7 Å². The highest BCUT2D eigenvalue weighted by molar-refractivity contribution is 6.08. The van der Waals surface area contributed by atoms with Gasteiger partial charge in [-0.1, -0.05) is 12.0 Å². The smallest absolute Gasteiger partial charge is 0.274 e. The first-order chi connectivity index (χ1) is 17.4. The van der Waals surface area contributed by atoms with Crippen LogP contribution in [0.5, 0.6) is 0 Å². The van der Waals surface area contributed by atoms with Crippen molar-refractivity contribution in [3.8, 4) is 11.8 Å². The molecule has 2 bridgehead atoms. The van der Waals surface area contributed by atoms with Crippen molar-refractivity contribution >= 4 is 23.2 Å². The van der Waals surface area contributed by atoms with Crippen LogP contribution in [0.1, 0.15) is 72.3 Å². The molecule has 2 aromatic rings. The molecule has 4 saturated carbocycles. The molecule has 2 aromatic heterocycles. The fourth-order valence-electron chi connectivity index (χ4n) is 8.09. The number of ketones is 1. The highest BCUT2D eigenvalue weighted by Crippen LogP contribution is 2.79. The number of nitrogens with two attached hydrogens (primary N) is 1. The number of Topliss-reactive ketones (excluding diaryl/α,β-unsaturated/α-hetero) is 1. The predicted octanol–water partition coefficient (Wildman–Crippen LogP) is 3.32. The summed E-state index contributed by atoms with van der Waals surface area (Å²) in [4.78, 5) is 43.9. The lowest BCUT2D eigenvalue weighted by atomic mass is 9.83. The number of primary amides is 1. The molecule has 5 fully saturated rings. The van der Waals surface area contributed by atoms with Crippen LogP contribution in [0.2, 0.25) is 0 Å². The number of carbonyl (C=O) groups is 3. The first-order valence-corrected chi connectivity index (χ1v) is 13.5. The van der Waals surface area contributed by atoms with Crippen molar-refractivity contribution in [3.05, 3.63) is 35.8 Å². The van der Waals surface area contributed by atoms with E-state index in [0.717, 1.165) is 36.5 Å². The second-order valence-electron chi connectivity index (χ2n) is 12.0. The van der Waals surface area contributed by atoms with Gasteiger partial charge in [0.1, 0.15) is 17.0 Å². The number of fused-ring (bicyclic) bond motifs is 3. The van der Waals surface area contributed by atoms with Crippen LogP contribution in [0.3, 0.4) is 0 Å². The van der Waals surface area contributed by atoms with Gasteiger partial charge in [0.05, 0.1) is 5.92 Å². The number of imidazole rings is 1. The van der Waals surface area contributed by atoms with Crippen molar-refractivity contribution in [2.24, 2.45) is 46.7 Å². The number of amides is 2. The molecule has 2 N–H and O–H groups in total. The Labute approximate surface area is 210 Å². The van der Waals surface area contributed by atoms with Gasteiger partial charge < -0.3 is 10.6 Å². The minimum Gasteiger partial charge on any atom is -0.369 e. The third-order valence-electron chi connectivity index (χ3n) is 10.1. The highest BCUT2D eigenvalue weighted by atomic mass is 16.2. The molecular weight excluding hydrogens is 452 g/mol. The molecule has 186 valence electrons. The van der Waals surface area contributed by atoms with Crippen LogP contribution in [0, 0.1) is 52.8 Å². The zero-order chi connectivity index (χ0) is 24.6. The van der Waals surface area contributed by atoms with Crippen molar-refractivity contribution in [1.29, 1.82) is 0 Å². The Kier molecular flexibility index (Phi) is 4.86. The molecule has 36 heavy (non-hydrogen) atoms. The van der Waals surface area contributed by atoms with Crippen LogP contribution in [-0.4, -0.2) is 45.0 Å². The molecule has 1 spiro atoms. The first-order valence-electron chi connectivity index (χ1n) is 13.5. The number of carbonyl (C=O) groups excluding carboxylic acids is 3. The van der Waals surface area contributed by atoms with Crippen molar-refractivity contribution in [2.75, 3.05) is 13.1 Å². The maximum Gasteiger partial charge on any atom is 0.274 e. The maximum atomic E-state index is 13.1. The Morgan fingerprint density at radius 1 is 1.14 bits per heavy atom. The molecule has 5 aliphatic rings. The molecule has 1 aliphatic heterocycles. The number of pyridine rings is 1. The average molecular weight is 485 g/mol. The summed E-state index contributed by atoms with van der Waals surface area (Å²) in [6.45, 7) is 0.879. The average Bonchev–Trinajstić information content (AvgIpc) is 3.72. The Morgan fingerprint density at radius 3 is 2.89 bits per heavy atom. The molecule has 7 rings (SSSR count). The number of aromatic nitrogens is 2. The molecule has 0 radical (unpaired) electrons. The molecule has 0 aromatic carbocycles. The normalized spacial score (nSPS) is 35.7. The van der Waals surface area contributed by atoms with Crippen LogP contribution in [0.25, 0.3) is 5.65 Å². The van der Waals surface area contributed by atoms with Gasteiger partial charge in [0.2, 0.25) is 5.91 Å². The Morgan fingerprint density at radius 2 is 2.03 bits per heavy atom. The topological polar surface area (TPSA) is 97.8 Å². The molecule has 5 unspecified atom stereocenters. The second kappa shape index (κ2) is 7.93. The van der Waals surface area contributed by atoms with Crippen molar-refractivity contribution in [2.45, 2.75) is 51.4 Å². The summed E-state index contributed by atoms with van der Waals surface area (Å²) < 4.78 is 1.66. The summed E-state index contributed by atoms with van der Waals surface area (Å²) in [6, 6.07) is 5.29. The summed E-state index contributed by atoms with van der Waals surface area (Å²) in [6.07, 6.45) is 10.8. The van der Waals surface area contributed by atoms with E-state index in [9.17, 15) is 14.4 Å². The van der Waals surface area contributed by atoms with Gasteiger partial charge in [-0.3, -0.25) is 18.8 Å². The van der Waals surface area contributed by atoms with Gasteiger partial charge in [0.15, 0.2) is 0 Å².